The summed E-state index contributed by atoms with van der Waals surface area (Å²) in [5.41, 5.74) is 3.66. The van der Waals surface area contributed by atoms with Gasteiger partial charge < -0.3 is 9.64 Å². The maximum Gasteiger partial charge on any atom is 0.232 e. The van der Waals surface area contributed by atoms with Gasteiger partial charge in [0.2, 0.25) is 15.9 Å². The van der Waals surface area contributed by atoms with Crippen molar-refractivity contribution in [1.29, 1.82) is 0 Å². The van der Waals surface area contributed by atoms with Crippen LogP contribution in [0.5, 0.6) is 5.75 Å². The largest absolute Gasteiger partial charge is 0.497 e. The maximum absolute atomic E-state index is 12.5. The number of anilines is 1. The van der Waals surface area contributed by atoms with Gasteiger partial charge >= 0.3 is 0 Å². The Labute approximate surface area is 174 Å². The summed E-state index contributed by atoms with van der Waals surface area (Å²) in [5, 5.41) is 0. The molecule has 0 aliphatic heterocycles. The van der Waals surface area contributed by atoms with Crippen molar-refractivity contribution in [3.8, 4) is 5.75 Å². The first-order valence-corrected chi connectivity index (χ1v) is 11.4. The number of hydrogen-bond acceptors (Lipinski definition) is 4. The molecule has 7 heteroatoms. The Morgan fingerprint density at radius 2 is 1.62 bits per heavy atom. The highest BCUT2D eigenvalue weighted by Crippen LogP contribution is 2.22. The molecule has 2 aromatic rings. The van der Waals surface area contributed by atoms with Crippen molar-refractivity contribution in [1.82, 2.24) is 4.90 Å². The Hall–Kier alpha value is -2.54. The Morgan fingerprint density at radius 1 is 1.03 bits per heavy atom. The Morgan fingerprint density at radius 3 is 2.14 bits per heavy atom. The zero-order valence-electron chi connectivity index (χ0n) is 17.8. The fraction of sp³-hybridized carbons (Fsp3) is 0.409. The first kappa shape index (κ1) is 22.7. The first-order valence-electron chi connectivity index (χ1n) is 9.53. The molecule has 0 saturated heterocycles. The number of aryl methyl sites for hydroxylation is 2. The summed E-state index contributed by atoms with van der Waals surface area (Å²) in [7, 11) is -0.0599. The van der Waals surface area contributed by atoms with Crippen LogP contribution in [-0.2, 0) is 21.4 Å². The van der Waals surface area contributed by atoms with E-state index in [1.807, 2.05) is 56.3 Å². The van der Waals surface area contributed by atoms with Crippen LogP contribution in [0, 0.1) is 13.8 Å². The third kappa shape index (κ3) is 6.78. The number of rotatable bonds is 9. The van der Waals surface area contributed by atoms with Crippen LogP contribution in [-0.4, -0.2) is 46.2 Å². The monoisotopic (exact) mass is 418 g/mol. The molecule has 0 radical (unpaired) electrons. The van der Waals surface area contributed by atoms with E-state index in [-0.39, 0.29) is 18.9 Å². The Bertz CT molecular complexity index is 920. The molecule has 0 N–H and O–H groups in total. The molecule has 0 fully saturated rings. The molecule has 2 rings (SSSR count). The summed E-state index contributed by atoms with van der Waals surface area (Å²) < 4.78 is 31.1. The average molecular weight is 419 g/mol. The molecule has 2 aromatic carbocycles. The smallest absolute Gasteiger partial charge is 0.232 e. The normalized spacial score (nSPS) is 11.2. The predicted molar refractivity (Wildman–Crippen MR) is 117 cm³/mol. The number of benzene rings is 2. The number of nitrogens with zero attached hydrogens (tertiary/aromatic N) is 2. The van der Waals surface area contributed by atoms with Crippen LogP contribution in [0.15, 0.2) is 42.5 Å². The third-order valence-corrected chi connectivity index (χ3v) is 5.85. The topological polar surface area (TPSA) is 66.9 Å². The lowest BCUT2D eigenvalue weighted by molar-refractivity contribution is -0.130. The summed E-state index contributed by atoms with van der Waals surface area (Å²) >= 11 is 0. The lowest BCUT2D eigenvalue weighted by Crippen LogP contribution is -2.32. The van der Waals surface area contributed by atoms with Gasteiger partial charge in [-0.25, -0.2) is 8.42 Å². The highest BCUT2D eigenvalue weighted by atomic mass is 32.2. The van der Waals surface area contributed by atoms with Gasteiger partial charge in [0.1, 0.15) is 5.75 Å². The summed E-state index contributed by atoms with van der Waals surface area (Å²) in [4.78, 5) is 14.1. The second-order valence-electron chi connectivity index (χ2n) is 7.38. The average Bonchev–Trinajstić information content (AvgIpc) is 2.63. The van der Waals surface area contributed by atoms with E-state index < -0.39 is 10.0 Å². The summed E-state index contributed by atoms with van der Waals surface area (Å²) in [6, 6.07) is 13.3. The molecule has 0 aliphatic rings. The number of ether oxygens (including phenoxy) is 1. The fourth-order valence-corrected chi connectivity index (χ4v) is 4.19. The van der Waals surface area contributed by atoms with Crippen LogP contribution in [0.4, 0.5) is 5.69 Å². The minimum absolute atomic E-state index is 0.0188. The van der Waals surface area contributed by atoms with E-state index in [0.717, 1.165) is 22.4 Å². The maximum atomic E-state index is 12.5. The van der Waals surface area contributed by atoms with Crippen molar-refractivity contribution in [2.45, 2.75) is 33.2 Å². The van der Waals surface area contributed by atoms with Crippen LogP contribution >= 0.6 is 0 Å². The van der Waals surface area contributed by atoms with Crippen LogP contribution in [0.2, 0.25) is 0 Å². The zero-order valence-corrected chi connectivity index (χ0v) is 18.6. The number of amides is 1. The van der Waals surface area contributed by atoms with Gasteiger partial charge in [-0.2, -0.15) is 0 Å². The van der Waals surface area contributed by atoms with Crippen LogP contribution in [0.3, 0.4) is 0 Å². The third-order valence-electron chi connectivity index (χ3n) is 4.65. The molecule has 6 nitrogen and oxygen atoms in total. The molecule has 0 heterocycles. The predicted octanol–water partition coefficient (Wildman–Crippen LogP) is 3.52. The molecule has 0 aliphatic carbocycles. The van der Waals surface area contributed by atoms with Crippen LogP contribution in [0.1, 0.15) is 29.5 Å². The highest BCUT2D eigenvalue weighted by Gasteiger charge is 2.19. The minimum Gasteiger partial charge on any atom is -0.497 e. The van der Waals surface area contributed by atoms with Crippen molar-refractivity contribution in [2.24, 2.45) is 0 Å². The molecule has 158 valence electrons. The minimum atomic E-state index is -3.43. The molecular formula is C22H30N2O4S. The van der Waals surface area contributed by atoms with Crippen molar-refractivity contribution in [3.05, 3.63) is 59.2 Å². The first-order chi connectivity index (χ1) is 13.6. The van der Waals surface area contributed by atoms with Crippen molar-refractivity contribution < 1.29 is 17.9 Å². The van der Waals surface area contributed by atoms with Crippen LogP contribution < -0.4 is 9.04 Å². The number of sulfonamides is 1. The van der Waals surface area contributed by atoms with E-state index in [1.165, 1.54) is 10.6 Å². The van der Waals surface area contributed by atoms with Gasteiger partial charge in [0.05, 0.1) is 19.1 Å². The fourth-order valence-electron chi connectivity index (χ4n) is 3.24. The second kappa shape index (κ2) is 9.78. The van der Waals surface area contributed by atoms with Crippen LogP contribution in [0.25, 0.3) is 0 Å². The van der Waals surface area contributed by atoms with E-state index in [9.17, 15) is 13.2 Å². The van der Waals surface area contributed by atoms with Gasteiger partial charge in [0.25, 0.3) is 0 Å². The van der Waals surface area contributed by atoms with E-state index in [0.29, 0.717) is 18.7 Å². The van der Waals surface area contributed by atoms with Gasteiger partial charge in [0.15, 0.2) is 0 Å². The lowest BCUT2D eigenvalue weighted by Gasteiger charge is -2.24. The van der Waals surface area contributed by atoms with Crippen molar-refractivity contribution in [3.63, 3.8) is 0 Å². The van der Waals surface area contributed by atoms with E-state index in [2.05, 4.69) is 0 Å². The molecule has 0 saturated carbocycles. The van der Waals surface area contributed by atoms with E-state index >= 15 is 0 Å². The van der Waals surface area contributed by atoms with Gasteiger partial charge in [-0.3, -0.25) is 9.10 Å². The highest BCUT2D eigenvalue weighted by molar-refractivity contribution is 7.92. The van der Waals surface area contributed by atoms with Gasteiger partial charge in [-0.1, -0.05) is 18.2 Å². The quantitative estimate of drug-likeness (QED) is 0.625. The molecule has 29 heavy (non-hydrogen) atoms. The van der Waals surface area contributed by atoms with Gasteiger partial charge in [-0.15, -0.1) is 0 Å². The van der Waals surface area contributed by atoms with Crippen molar-refractivity contribution in [2.75, 3.05) is 31.3 Å². The molecule has 0 unspecified atom stereocenters. The summed E-state index contributed by atoms with van der Waals surface area (Å²) in [6.07, 6.45) is 1.93. The molecule has 0 atom stereocenters. The van der Waals surface area contributed by atoms with E-state index in [4.69, 9.17) is 4.74 Å². The number of carbonyl (C=O) groups is 1. The SMILES string of the molecule is COc1ccc(CN(C)C(=O)CCCN(c2cc(C)cc(C)c2)S(C)(=O)=O)cc1. The summed E-state index contributed by atoms with van der Waals surface area (Å²) in [5.74, 6) is 0.754. The Kier molecular flexibility index (Phi) is 7.67. The standard InChI is InChI=1S/C22H30N2O4S/c1-17-13-18(2)15-20(14-17)24(29(5,26)27)12-6-7-22(25)23(3)16-19-8-10-21(28-4)11-9-19/h8-11,13-15H,6-7,12,16H2,1-5H3. The second-order valence-corrected chi connectivity index (χ2v) is 9.29. The van der Waals surface area contributed by atoms with Gasteiger partial charge in [0, 0.05) is 26.6 Å². The number of carbonyl (C=O) groups excluding carboxylic acids is 1. The summed E-state index contributed by atoms with van der Waals surface area (Å²) in [6.45, 7) is 4.64. The lowest BCUT2D eigenvalue weighted by atomic mass is 10.1. The number of methoxy groups -OCH3 is 1. The van der Waals surface area contributed by atoms with Crippen molar-refractivity contribution >= 4 is 21.6 Å². The number of hydrogen-bond donors (Lipinski definition) is 0. The Balaban J connectivity index is 1.96. The molecule has 1 amide bonds. The molecule has 0 aromatic heterocycles. The molecular weight excluding hydrogens is 388 g/mol. The van der Waals surface area contributed by atoms with E-state index in [1.54, 1.807) is 19.1 Å². The van der Waals surface area contributed by atoms with Gasteiger partial charge in [-0.05, 0) is 61.2 Å². The molecule has 0 bridgehead atoms. The molecule has 0 spiro atoms. The zero-order chi connectivity index (χ0) is 21.6.